The van der Waals surface area contributed by atoms with Gasteiger partial charge in [0.25, 0.3) is 6.23 Å². The molecule has 0 aliphatic carbocycles. The van der Waals surface area contributed by atoms with Crippen molar-refractivity contribution < 1.29 is 48.3 Å². The maximum atomic E-state index is 11.0. The molecule has 0 spiro atoms. The molecule has 1 aliphatic heterocycles. The molecular formula is C13H19NO9P+. The van der Waals surface area contributed by atoms with Crippen molar-refractivity contribution in [3.05, 3.63) is 30.1 Å². The lowest BCUT2D eigenvalue weighted by atomic mass is 10.1. The van der Waals surface area contributed by atoms with Gasteiger partial charge < -0.3 is 29.8 Å². The zero-order valence-corrected chi connectivity index (χ0v) is 13.4. The lowest BCUT2D eigenvalue weighted by Gasteiger charge is -2.19. The highest BCUT2D eigenvalue weighted by atomic mass is 31.2. The van der Waals surface area contributed by atoms with Crippen LogP contribution in [-0.2, 0) is 13.8 Å². The topological polar surface area (TPSA) is 158 Å². The summed E-state index contributed by atoms with van der Waals surface area (Å²) in [5.74, 6) is -1.14. The zero-order valence-electron chi connectivity index (χ0n) is 12.5. The highest BCUT2D eigenvalue weighted by molar-refractivity contribution is 7.46. The number of carboxylic acids is 1. The van der Waals surface area contributed by atoms with E-state index in [1.807, 2.05) is 0 Å². The maximum Gasteiger partial charge on any atom is 0.469 e. The van der Waals surface area contributed by atoms with Crippen molar-refractivity contribution in [1.82, 2.24) is 0 Å². The number of aromatic nitrogens is 1. The largest absolute Gasteiger partial charge is 0.477 e. The van der Waals surface area contributed by atoms with Gasteiger partial charge in [-0.05, 0) is 6.07 Å². The first-order valence-corrected chi connectivity index (χ1v) is 8.64. The van der Waals surface area contributed by atoms with Gasteiger partial charge in [0.2, 0.25) is 0 Å². The van der Waals surface area contributed by atoms with Gasteiger partial charge >= 0.3 is 13.8 Å². The second-order valence-electron chi connectivity index (χ2n) is 5.45. The number of rotatable bonds is 5. The van der Waals surface area contributed by atoms with Crippen LogP contribution < -0.4 is 4.57 Å². The van der Waals surface area contributed by atoms with Crippen LogP contribution >= 0.6 is 7.82 Å². The number of nitrogens with zero attached hydrogens (tertiary/aromatic N) is 1. The predicted octanol–water partition coefficient (Wildman–Crippen LogP) is -0.819. The fourth-order valence-corrected chi connectivity index (χ4v) is 2.76. The summed E-state index contributed by atoms with van der Waals surface area (Å²) in [6, 6.07) is 2.87. The van der Waals surface area contributed by atoms with Gasteiger partial charge in [-0.1, -0.05) is 0 Å². The lowest BCUT2D eigenvalue weighted by molar-refractivity contribution is -0.765. The van der Waals surface area contributed by atoms with Gasteiger partial charge in [0.15, 0.2) is 12.4 Å². The maximum absolute atomic E-state index is 11.0. The minimum Gasteiger partial charge on any atom is -0.477 e. The molecule has 134 valence electrons. The van der Waals surface area contributed by atoms with Crippen LogP contribution in [0.3, 0.4) is 0 Å². The third-order valence-electron chi connectivity index (χ3n) is 3.57. The van der Waals surface area contributed by atoms with E-state index in [9.17, 15) is 19.6 Å². The monoisotopic (exact) mass is 364 g/mol. The normalized spacial score (nSPS) is 28.3. The number of hydrogen-bond donors (Lipinski definition) is 5. The molecule has 10 nitrogen and oxygen atoms in total. The quantitative estimate of drug-likeness (QED) is 0.332. The highest BCUT2D eigenvalue weighted by Gasteiger charge is 2.37. The number of phosphoric acid groups is 1. The van der Waals surface area contributed by atoms with Crippen LogP contribution in [0, 0.1) is 0 Å². The smallest absolute Gasteiger partial charge is 0.469 e. The molecular weight excluding hydrogens is 345 g/mol. The summed E-state index contributed by atoms with van der Waals surface area (Å²) in [6.45, 7) is -0.482. The second-order valence-corrected chi connectivity index (χ2v) is 6.69. The predicted molar refractivity (Wildman–Crippen MR) is 76.8 cm³/mol. The van der Waals surface area contributed by atoms with Gasteiger partial charge in [-0.15, -0.1) is 0 Å². The molecule has 1 saturated heterocycles. The van der Waals surface area contributed by atoms with Crippen LogP contribution in [-0.4, -0.2) is 56.0 Å². The van der Waals surface area contributed by atoms with Crippen LogP contribution in [0.25, 0.3) is 0 Å². The molecule has 11 heteroatoms. The highest BCUT2D eigenvalue weighted by Crippen LogP contribution is 2.37. The van der Waals surface area contributed by atoms with Crippen molar-refractivity contribution >= 4 is 13.8 Å². The van der Waals surface area contributed by atoms with Crippen molar-refractivity contribution in [1.29, 1.82) is 0 Å². The summed E-state index contributed by atoms with van der Waals surface area (Å²) in [7, 11) is -4.70. The number of hydrogen-bond acceptors (Lipinski definition) is 6. The Labute approximate surface area is 137 Å². The number of aliphatic hydroxyl groups excluding tert-OH is 2. The molecule has 2 rings (SSSR count). The summed E-state index contributed by atoms with van der Waals surface area (Å²) < 4.78 is 22.3. The summed E-state index contributed by atoms with van der Waals surface area (Å²) >= 11 is 0. The minimum absolute atomic E-state index is 0.00315. The molecule has 0 bridgehead atoms. The number of aromatic carboxylic acids is 1. The van der Waals surface area contributed by atoms with E-state index in [-0.39, 0.29) is 18.4 Å². The molecule has 0 unspecified atom stereocenters. The molecule has 0 saturated carbocycles. The summed E-state index contributed by atoms with van der Waals surface area (Å²) in [5.41, 5.74) is 0.00315. The first kappa shape index (κ1) is 18.9. The van der Waals surface area contributed by atoms with Crippen LogP contribution in [0.2, 0.25) is 0 Å². The van der Waals surface area contributed by atoms with E-state index in [1.54, 1.807) is 0 Å². The first-order valence-electron chi connectivity index (χ1n) is 7.11. The van der Waals surface area contributed by atoms with Gasteiger partial charge in [-0.25, -0.2) is 9.36 Å². The Bertz CT molecular complexity index is 634. The molecule has 5 N–H and O–H groups in total. The number of aliphatic hydroxyl groups is 2. The Morgan fingerprint density at radius 3 is 2.62 bits per heavy atom. The SMILES string of the molecule is O=C(O)c1ccc[n+]([C@H]2C[C@@H](O)[C@@H](O)C[C@@H](COP(=O)(O)O)O2)c1. The molecule has 0 amide bonds. The summed E-state index contributed by atoms with van der Waals surface area (Å²) in [4.78, 5) is 28.6. The number of carbonyl (C=O) groups is 1. The van der Waals surface area contributed by atoms with Crippen molar-refractivity contribution in [2.75, 3.05) is 6.61 Å². The minimum atomic E-state index is -4.70. The number of ether oxygens (including phenoxy) is 1. The van der Waals surface area contributed by atoms with E-state index in [1.165, 1.54) is 29.1 Å². The average molecular weight is 364 g/mol. The number of phosphoric ester groups is 1. The van der Waals surface area contributed by atoms with Crippen molar-refractivity contribution in [2.24, 2.45) is 0 Å². The Morgan fingerprint density at radius 1 is 1.33 bits per heavy atom. The molecule has 1 aromatic rings. The summed E-state index contributed by atoms with van der Waals surface area (Å²) in [5, 5.41) is 28.9. The average Bonchev–Trinajstić information content (AvgIpc) is 2.64. The molecule has 1 aromatic heterocycles. The van der Waals surface area contributed by atoms with Gasteiger partial charge in [0.1, 0.15) is 5.56 Å². The standard InChI is InChI=1S/C13H18NO9P/c15-10-4-9(7-22-24(19,20)21)23-12(5-11(10)16)14-3-1-2-8(6-14)13(17)18/h1-3,6,9-12,15-16H,4-5,7H2,(H2-,17,18,19,20,21)/p+1/t9-,10-,11+,12+/m0/s1. The summed E-state index contributed by atoms with van der Waals surface area (Å²) in [6.07, 6.45) is -1.31. The van der Waals surface area contributed by atoms with Gasteiger partial charge in [-0.3, -0.25) is 4.52 Å². The molecule has 0 aromatic carbocycles. The van der Waals surface area contributed by atoms with Gasteiger partial charge in [0.05, 0.1) is 31.3 Å². The van der Waals surface area contributed by atoms with Crippen LogP contribution in [0.15, 0.2) is 24.5 Å². The molecule has 1 aliphatic rings. The zero-order chi connectivity index (χ0) is 17.9. The number of carboxylic acid groups (broad SMARTS) is 1. The first-order chi connectivity index (χ1) is 11.2. The molecule has 1 fully saturated rings. The van der Waals surface area contributed by atoms with E-state index >= 15 is 0 Å². The Morgan fingerprint density at radius 2 is 2.00 bits per heavy atom. The molecule has 4 atom stereocenters. The Hall–Kier alpha value is -1.39. The van der Waals surface area contributed by atoms with Crippen LogP contribution in [0.5, 0.6) is 0 Å². The number of pyridine rings is 1. The third-order valence-corrected chi connectivity index (χ3v) is 4.06. The van der Waals surface area contributed by atoms with E-state index in [4.69, 9.17) is 19.6 Å². The Balaban J connectivity index is 2.19. The van der Waals surface area contributed by atoms with E-state index < -0.39 is 44.9 Å². The lowest BCUT2D eigenvalue weighted by Crippen LogP contribution is -2.44. The fourth-order valence-electron chi connectivity index (χ4n) is 2.40. The van der Waals surface area contributed by atoms with Crippen LogP contribution in [0.1, 0.15) is 29.4 Å². The van der Waals surface area contributed by atoms with Crippen molar-refractivity contribution in [2.45, 2.75) is 37.4 Å². The van der Waals surface area contributed by atoms with Crippen molar-refractivity contribution in [3.63, 3.8) is 0 Å². The van der Waals surface area contributed by atoms with E-state index in [0.717, 1.165) is 0 Å². The van der Waals surface area contributed by atoms with Gasteiger partial charge in [0, 0.05) is 12.5 Å². The Kier molecular flexibility index (Phi) is 6.05. The second kappa shape index (κ2) is 7.66. The van der Waals surface area contributed by atoms with Crippen molar-refractivity contribution in [3.8, 4) is 0 Å². The molecule has 2 heterocycles. The molecule has 24 heavy (non-hydrogen) atoms. The molecule has 0 radical (unpaired) electrons. The van der Waals surface area contributed by atoms with Gasteiger partial charge in [-0.2, -0.15) is 4.57 Å². The fraction of sp³-hybridized carbons (Fsp3) is 0.538. The van der Waals surface area contributed by atoms with E-state index in [0.29, 0.717) is 0 Å². The van der Waals surface area contributed by atoms with Crippen LogP contribution in [0.4, 0.5) is 0 Å². The third kappa shape index (κ3) is 5.32. The van der Waals surface area contributed by atoms with E-state index in [2.05, 4.69) is 4.52 Å².